The Morgan fingerprint density at radius 3 is 2.23 bits per heavy atom. The smallest absolute Gasteiger partial charge is 0.338 e. The first-order valence-electron chi connectivity index (χ1n) is 9.72. The summed E-state index contributed by atoms with van der Waals surface area (Å²) < 4.78 is 42.5. The fourth-order valence-corrected chi connectivity index (χ4v) is 4.74. The quantitative estimate of drug-likeness (QED) is 0.406. The summed E-state index contributed by atoms with van der Waals surface area (Å²) in [7, 11) is -0.835. The van der Waals surface area contributed by atoms with Gasteiger partial charge >= 0.3 is 5.97 Å². The van der Waals surface area contributed by atoms with Crippen molar-refractivity contribution >= 4 is 21.8 Å². The fourth-order valence-electron chi connectivity index (χ4n) is 3.03. The fraction of sp³-hybridized carbons (Fsp3) is 0.364. The second-order valence-corrected chi connectivity index (χ2v) is 8.54. The highest BCUT2D eigenvalue weighted by Crippen LogP contribution is 2.25. The molecule has 2 rings (SSSR count). The molecule has 0 amide bonds. The van der Waals surface area contributed by atoms with E-state index in [0.29, 0.717) is 30.2 Å². The summed E-state index contributed by atoms with van der Waals surface area (Å²) in [5, 5.41) is 0. The average molecular weight is 450 g/mol. The Kier molecular flexibility index (Phi) is 8.18. The Morgan fingerprint density at radius 2 is 1.65 bits per heavy atom. The number of ether oxygens (including phenoxy) is 3. The Balaban J connectivity index is 2.21. The van der Waals surface area contributed by atoms with Gasteiger partial charge in [-0.3, -0.25) is 4.79 Å². The van der Waals surface area contributed by atoms with Gasteiger partial charge in [-0.15, -0.1) is 0 Å². The van der Waals surface area contributed by atoms with Crippen LogP contribution >= 0.6 is 0 Å². The summed E-state index contributed by atoms with van der Waals surface area (Å²) in [6, 6.07) is 8.97. The predicted molar refractivity (Wildman–Crippen MR) is 115 cm³/mol. The molecule has 0 fully saturated rings. The largest absolute Gasteiger partial charge is 0.497 e. The minimum Gasteiger partial charge on any atom is -0.497 e. The molecular formula is C22H27NO7S. The topological polar surface area (TPSA) is 99.2 Å². The van der Waals surface area contributed by atoms with Gasteiger partial charge in [0.25, 0.3) is 0 Å². The van der Waals surface area contributed by atoms with Gasteiger partial charge < -0.3 is 14.2 Å². The number of hydrogen-bond donors (Lipinski definition) is 0. The highest BCUT2D eigenvalue weighted by atomic mass is 32.2. The zero-order chi connectivity index (χ0) is 23.2. The van der Waals surface area contributed by atoms with Gasteiger partial charge in [0.1, 0.15) is 11.5 Å². The molecule has 9 heteroatoms. The summed E-state index contributed by atoms with van der Waals surface area (Å²) in [6.45, 7) is 5.25. The van der Waals surface area contributed by atoms with Gasteiger partial charge in [-0.05, 0) is 36.8 Å². The molecule has 168 valence electrons. The molecule has 0 N–H and O–H groups in total. The van der Waals surface area contributed by atoms with Crippen LogP contribution < -0.4 is 9.47 Å². The normalized spacial score (nSPS) is 11.3. The monoisotopic (exact) mass is 449 g/mol. The SMILES string of the molecule is CCN(CC)S(=O)(=O)c1cc(C(=O)OCC(=O)c2ccc(OC)cc2OC)ccc1C. The standard InChI is InChI=1S/C22H27NO7S/c1-6-23(7-2)31(26,27)21-12-16(9-8-15(21)3)22(25)30-14-19(24)18-11-10-17(28-4)13-20(18)29-5/h8-13H,6-7,14H2,1-5H3. The summed E-state index contributed by atoms with van der Waals surface area (Å²) >= 11 is 0. The second kappa shape index (κ2) is 10.4. The number of nitrogens with zero attached hydrogens (tertiary/aromatic N) is 1. The summed E-state index contributed by atoms with van der Waals surface area (Å²) in [5.74, 6) is -0.442. The van der Waals surface area contributed by atoms with Crippen LogP contribution in [0.5, 0.6) is 11.5 Å². The number of benzene rings is 2. The number of sulfonamides is 1. The van der Waals surface area contributed by atoms with Crippen LogP contribution in [0.2, 0.25) is 0 Å². The van der Waals surface area contributed by atoms with Crippen LogP contribution in [0.3, 0.4) is 0 Å². The number of carbonyl (C=O) groups is 2. The van der Waals surface area contributed by atoms with Crippen molar-refractivity contribution in [2.45, 2.75) is 25.7 Å². The first kappa shape index (κ1) is 24.4. The maximum absolute atomic E-state index is 12.9. The first-order chi connectivity index (χ1) is 14.7. The number of hydrogen-bond acceptors (Lipinski definition) is 7. The molecule has 0 aliphatic heterocycles. The third kappa shape index (κ3) is 5.42. The first-order valence-corrected chi connectivity index (χ1v) is 11.2. The maximum atomic E-state index is 12.9. The second-order valence-electron chi connectivity index (χ2n) is 6.64. The molecule has 31 heavy (non-hydrogen) atoms. The molecule has 0 saturated carbocycles. The molecule has 0 radical (unpaired) electrons. The molecule has 0 aromatic heterocycles. The molecule has 0 spiro atoms. The molecule has 0 aliphatic carbocycles. The number of rotatable bonds is 10. The van der Waals surface area contributed by atoms with Crippen LogP contribution in [0.4, 0.5) is 0 Å². The summed E-state index contributed by atoms with van der Waals surface area (Å²) in [4.78, 5) is 25.0. The Labute approximate surface area is 182 Å². The number of ketones is 1. The summed E-state index contributed by atoms with van der Waals surface area (Å²) in [6.07, 6.45) is 0. The van der Waals surface area contributed by atoms with Crippen LogP contribution in [0.25, 0.3) is 0 Å². The third-order valence-electron chi connectivity index (χ3n) is 4.79. The minimum absolute atomic E-state index is 0.0359. The molecule has 0 atom stereocenters. The van der Waals surface area contributed by atoms with E-state index in [4.69, 9.17) is 14.2 Å². The summed E-state index contributed by atoms with van der Waals surface area (Å²) in [5.41, 5.74) is 0.804. The van der Waals surface area contributed by atoms with Crippen molar-refractivity contribution in [2.24, 2.45) is 0 Å². The van der Waals surface area contributed by atoms with Crippen molar-refractivity contribution in [3.8, 4) is 11.5 Å². The Hall–Kier alpha value is -2.91. The Morgan fingerprint density at radius 1 is 0.968 bits per heavy atom. The lowest BCUT2D eigenvalue weighted by Crippen LogP contribution is -2.31. The van der Waals surface area contributed by atoms with Crippen LogP contribution in [0.15, 0.2) is 41.3 Å². The van der Waals surface area contributed by atoms with Crippen LogP contribution in [-0.4, -0.2) is 58.4 Å². The van der Waals surface area contributed by atoms with E-state index in [2.05, 4.69) is 0 Å². The van der Waals surface area contributed by atoms with E-state index in [0.717, 1.165) is 0 Å². The van der Waals surface area contributed by atoms with E-state index in [1.54, 1.807) is 39.0 Å². The van der Waals surface area contributed by atoms with Crippen molar-refractivity contribution in [2.75, 3.05) is 33.9 Å². The predicted octanol–water partition coefficient (Wildman–Crippen LogP) is 3.08. The molecule has 0 saturated heterocycles. The zero-order valence-corrected chi connectivity index (χ0v) is 19.1. The third-order valence-corrected chi connectivity index (χ3v) is 6.98. The van der Waals surface area contributed by atoms with Crippen molar-refractivity contribution in [3.05, 3.63) is 53.1 Å². The van der Waals surface area contributed by atoms with E-state index in [1.807, 2.05) is 0 Å². The van der Waals surface area contributed by atoms with Gasteiger partial charge in [0.2, 0.25) is 15.8 Å². The van der Waals surface area contributed by atoms with Gasteiger partial charge in [-0.25, -0.2) is 13.2 Å². The van der Waals surface area contributed by atoms with Gasteiger partial charge in [0, 0.05) is 19.2 Å². The lowest BCUT2D eigenvalue weighted by Gasteiger charge is -2.20. The van der Waals surface area contributed by atoms with Crippen molar-refractivity contribution in [3.63, 3.8) is 0 Å². The molecule has 2 aromatic carbocycles. The average Bonchev–Trinajstić information content (AvgIpc) is 2.77. The number of aryl methyl sites for hydroxylation is 1. The van der Waals surface area contributed by atoms with Crippen LogP contribution in [-0.2, 0) is 14.8 Å². The number of carbonyl (C=O) groups excluding carboxylic acids is 2. The van der Waals surface area contributed by atoms with E-state index in [9.17, 15) is 18.0 Å². The van der Waals surface area contributed by atoms with E-state index < -0.39 is 28.4 Å². The zero-order valence-electron chi connectivity index (χ0n) is 18.3. The van der Waals surface area contributed by atoms with Gasteiger partial charge in [-0.1, -0.05) is 19.9 Å². The molecule has 0 aliphatic rings. The van der Waals surface area contributed by atoms with E-state index in [-0.39, 0.29) is 16.0 Å². The van der Waals surface area contributed by atoms with Crippen molar-refractivity contribution in [1.82, 2.24) is 4.31 Å². The molecule has 0 unspecified atom stereocenters. The van der Waals surface area contributed by atoms with Crippen LogP contribution in [0, 0.1) is 6.92 Å². The van der Waals surface area contributed by atoms with Crippen LogP contribution in [0.1, 0.15) is 40.1 Å². The van der Waals surface area contributed by atoms with Gasteiger partial charge in [0.05, 0.1) is 30.2 Å². The molecule has 2 aromatic rings. The lowest BCUT2D eigenvalue weighted by atomic mass is 10.1. The van der Waals surface area contributed by atoms with E-state index >= 15 is 0 Å². The van der Waals surface area contributed by atoms with Gasteiger partial charge in [-0.2, -0.15) is 4.31 Å². The van der Waals surface area contributed by atoms with Crippen molar-refractivity contribution < 1.29 is 32.2 Å². The van der Waals surface area contributed by atoms with E-state index in [1.165, 1.54) is 36.7 Å². The van der Waals surface area contributed by atoms with Gasteiger partial charge in [0.15, 0.2) is 6.61 Å². The number of Topliss-reactive ketones (excluding diaryl/α,β-unsaturated/α-hetero) is 1. The maximum Gasteiger partial charge on any atom is 0.338 e. The number of methoxy groups -OCH3 is 2. The molecule has 0 heterocycles. The highest BCUT2D eigenvalue weighted by Gasteiger charge is 2.25. The molecule has 0 bridgehead atoms. The highest BCUT2D eigenvalue weighted by molar-refractivity contribution is 7.89. The lowest BCUT2D eigenvalue weighted by molar-refractivity contribution is 0.0473. The number of esters is 1. The molecular weight excluding hydrogens is 422 g/mol. The van der Waals surface area contributed by atoms with Crippen molar-refractivity contribution in [1.29, 1.82) is 0 Å². The Bertz CT molecular complexity index is 1060. The minimum atomic E-state index is -3.75. The molecule has 8 nitrogen and oxygen atoms in total.